The standard InChI is InChI=1S/C8H11NO3/c1-7(8(10)11-2)9-5-3-4-6-12-9/h3-7H,1-2H3. The third kappa shape index (κ3) is 1.78. The van der Waals surface area contributed by atoms with E-state index in [0.717, 1.165) is 0 Å². The second-order valence-electron chi connectivity index (χ2n) is 2.33. The lowest BCUT2D eigenvalue weighted by Crippen LogP contribution is -2.35. The molecule has 0 aromatic carbocycles. The Morgan fingerprint density at radius 2 is 2.33 bits per heavy atom. The average molecular weight is 169 g/mol. The first-order valence-corrected chi connectivity index (χ1v) is 3.62. The summed E-state index contributed by atoms with van der Waals surface area (Å²) < 4.78 is 4.55. The molecule has 4 nitrogen and oxygen atoms in total. The van der Waals surface area contributed by atoms with Crippen molar-refractivity contribution in [2.24, 2.45) is 0 Å². The zero-order valence-corrected chi connectivity index (χ0v) is 7.06. The topological polar surface area (TPSA) is 38.8 Å². The van der Waals surface area contributed by atoms with Crippen molar-refractivity contribution in [3.05, 3.63) is 24.6 Å². The normalized spacial score (nSPS) is 17.0. The number of allylic oxidation sites excluding steroid dienone is 2. The van der Waals surface area contributed by atoms with E-state index in [1.54, 1.807) is 25.3 Å². The number of hydroxylamine groups is 2. The predicted octanol–water partition coefficient (Wildman–Crippen LogP) is 0.823. The Kier molecular flexibility index (Phi) is 2.74. The molecular formula is C8H11NO3. The predicted molar refractivity (Wildman–Crippen MR) is 42.7 cm³/mol. The molecule has 4 heteroatoms. The summed E-state index contributed by atoms with van der Waals surface area (Å²) in [4.78, 5) is 16.0. The Hall–Kier alpha value is -1.45. The number of nitrogens with zero attached hydrogens (tertiary/aromatic N) is 1. The van der Waals surface area contributed by atoms with E-state index in [2.05, 4.69) is 4.74 Å². The molecule has 0 saturated carbocycles. The van der Waals surface area contributed by atoms with Gasteiger partial charge in [-0.3, -0.25) is 0 Å². The van der Waals surface area contributed by atoms with Crippen LogP contribution in [0.4, 0.5) is 0 Å². The van der Waals surface area contributed by atoms with Crippen molar-refractivity contribution < 1.29 is 14.4 Å². The summed E-state index contributed by atoms with van der Waals surface area (Å²) in [6.45, 7) is 1.70. The van der Waals surface area contributed by atoms with E-state index in [4.69, 9.17) is 4.84 Å². The monoisotopic (exact) mass is 169 g/mol. The molecule has 0 aliphatic carbocycles. The van der Waals surface area contributed by atoms with Crippen molar-refractivity contribution in [1.82, 2.24) is 5.06 Å². The van der Waals surface area contributed by atoms with E-state index in [1.165, 1.54) is 18.4 Å². The van der Waals surface area contributed by atoms with E-state index in [-0.39, 0.29) is 5.97 Å². The first-order valence-electron chi connectivity index (χ1n) is 3.62. The fourth-order valence-electron chi connectivity index (χ4n) is 0.815. The van der Waals surface area contributed by atoms with E-state index < -0.39 is 6.04 Å². The lowest BCUT2D eigenvalue weighted by Gasteiger charge is -2.24. The molecule has 1 heterocycles. The molecule has 0 aromatic rings. The summed E-state index contributed by atoms with van der Waals surface area (Å²) in [5.74, 6) is -0.324. The van der Waals surface area contributed by atoms with E-state index in [0.29, 0.717) is 0 Å². The third-order valence-corrected chi connectivity index (χ3v) is 1.53. The molecule has 0 radical (unpaired) electrons. The summed E-state index contributed by atoms with van der Waals surface area (Å²) in [5, 5.41) is 1.42. The molecule has 0 fully saturated rings. The van der Waals surface area contributed by atoms with E-state index in [9.17, 15) is 4.79 Å². The van der Waals surface area contributed by atoms with E-state index in [1.807, 2.05) is 0 Å². The molecular weight excluding hydrogens is 158 g/mol. The number of methoxy groups -OCH3 is 1. The van der Waals surface area contributed by atoms with Gasteiger partial charge in [0.05, 0.1) is 7.11 Å². The number of carbonyl (C=O) groups is 1. The first kappa shape index (κ1) is 8.64. The first-order chi connectivity index (χ1) is 5.75. The minimum absolute atomic E-state index is 0.324. The van der Waals surface area contributed by atoms with Crippen LogP contribution in [0, 0.1) is 0 Å². The Morgan fingerprint density at radius 1 is 1.58 bits per heavy atom. The summed E-state index contributed by atoms with van der Waals surface area (Å²) in [6.07, 6.45) is 6.68. The van der Waals surface area contributed by atoms with Gasteiger partial charge in [-0.1, -0.05) is 0 Å². The Morgan fingerprint density at radius 3 is 2.83 bits per heavy atom. The smallest absolute Gasteiger partial charge is 0.331 e. The van der Waals surface area contributed by atoms with Crippen LogP contribution in [0.25, 0.3) is 0 Å². The van der Waals surface area contributed by atoms with Crippen LogP contribution in [0.15, 0.2) is 24.6 Å². The molecule has 0 N–H and O–H groups in total. The number of hydrogen-bond acceptors (Lipinski definition) is 4. The van der Waals surface area contributed by atoms with Crippen molar-refractivity contribution in [3.63, 3.8) is 0 Å². The maximum atomic E-state index is 11.0. The molecule has 0 saturated heterocycles. The fourth-order valence-corrected chi connectivity index (χ4v) is 0.815. The molecule has 0 amide bonds. The quantitative estimate of drug-likeness (QED) is 0.574. The minimum atomic E-state index is -0.420. The molecule has 0 aromatic heterocycles. The molecule has 66 valence electrons. The van der Waals surface area contributed by atoms with Crippen LogP contribution in [-0.4, -0.2) is 24.2 Å². The van der Waals surface area contributed by atoms with Gasteiger partial charge >= 0.3 is 5.97 Å². The lowest BCUT2D eigenvalue weighted by atomic mass is 10.3. The molecule has 0 spiro atoms. The Balaban J connectivity index is 2.52. The van der Waals surface area contributed by atoms with Gasteiger partial charge in [-0.25, -0.2) is 9.86 Å². The van der Waals surface area contributed by atoms with Crippen LogP contribution in [0.3, 0.4) is 0 Å². The van der Waals surface area contributed by atoms with Gasteiger partial charge in [0.25, 0.3) is 0 Å². The number of hydrogen-bond donors (Lipinski definition) is 0. The van der Waals surface area contributed by atoms with Crippen molar-refractivity contribution in [2.45, 2.75) is 13.0 Å². The number of carbonyl (C=O) groups excluding carboxylic acids is 1. The molecule has 0 bridgehead atoms. The molecule has 1 unspecified atom stereocenters. The van der Waals surface area contributed by atoms with Crippen molar-refractivity contribution in [1.29, 1.82) is 0 Å². The average Bonchev–Trinajstić information content (AvgIpc) is 2.17. The van der Waals surface area contributed by atoms with Gasteiger partial charge in [-0.2, -0.15) is 0 Å². The highest BCUT2D eigenvalue weighted by atomic mass is 16.7. The van der Waals surface area contributed by atoms with Gasteiger partial charge in [0.1, 0.15) is 6.26 Å². The highest BCUT2D eigenvalue weighted by Crippen LogP contribution is 2.07. The van der Waals surface area contributed by atoms with Crippen molar-refractivity contribution >= 4 is 5.97 Å². The van der Waals surface area contributed by atoms with Crippen LogP contribution >= 0.6 is 0 Å². The van der Waals surface area contributed by atoms with Gasteiger partial charge in [0.2, 0.25) is 0 Å². The number of rotatable bonds is 2. The molecule has 1 aliphatic rings. The van der Waals surface area contributed by atoms with Gasteiger partial charge in [-0.05, 0) is 19.1 Å². The van der Waals surface area contributed by atoms with Crippen LogP contribution in [0.2, 0.25) is 0 Å². The van der Waals surface area contributed by atoms with Gasteiger partial charge < -0.3 is 9.57 Å². The summed E-state index contributed by atoms with van der Waals surface area (Å²) >= 11 is 0. The lowest BCUT2D eigenvalue weighted by molar-refractivity contribution is -0.161. The van der Waals surface area contributed by atoms with Crippen molar-refractivity contribution in [2.75, 3.05) is 7.11 Å². The van der Waals surface area contributed by atoms with E-state index >= 15 is 0 Å². The largest absolute Gasteiger partial charge is 0.467 e. The Labute approximate surface area is 71.0 Å². The summed E-state index contributed by atoms with van der Waals surface area (Å²) in [7, 11) is 1.35. The van der Waals surface area contributed by atoms with Crippen molar-refractivity contribution in [3.8, 4) is 0 Å². The van der Waals surface area contributed by atoms with Gasteiger partial charge in [0.15, 0.2) is 6.04 Å². The van der Waals surface area contributed by atoms with Crippen LogP contribution in [0.5, 0.6) is 0 Å². The second-order valence-corrected chi connectivity index (χ2v) is 2.33. The molecule has 1 rings (SSSR count). The summed E-state index contributed by atoms with van der Waals surface area (Å²) in [6, 6.07) is -0.420. The number of ether oxygens (including phenoxy) is 1. The number of esters is 1. The second kappa shape index (κ2) is 3.80. The molecule has 12 heavy (non-hydrogen) atoms. The maximum absolute atomic E-state index is 11.0. The summed E-state index contributed by atoms with van der Waals surface area (Å²) in [5.41, 5.74) is 0. The Bertz CT molecular complexity index is 222. The molecule has 1 atom stereocenters. The maximum Gasteiger partial charge on any atom is 0.331 e. The van der Waals surface area contributed by atoms with Gasteiger partial charge in [-0.15, -0.1) is 0 Å². The zero-order chi connectivity index (χ0) is 8.97. The molecule has 1 aliphatic heterocycles. The highest BCUT2D eigenvalue weighted by molar-refractivity contribution is 5.75. The fraction of sp³-hybridized carbons (Fsp3) is 0.375. The minimum Gasteiger partial charge on any atom is -0.467 e. The van der Waals surface area contributed by atoms with Crippen LogP contribution < -0.4 is 0 Å². The highest BCUT2D eigenvalue weighted by Gasteiger charge is 2.20. The third-order valence-electron chi connectivity index (χ3n) is 1.53. The zero-order valence-electron chi connectivity index (χ0n) is 7.06. The van der Waals surface area contributed by atoms with Crippen LogP contribution in [-0.2, 0) is 14.4 Å². The SMILES string of the molecule is COC(=O)C(C)N1C=CC=CO1. The van der Waals surface area contributed by atoms with Gasteiger partial charge in [0, 0.05) is 6.20 Å². The van der Waals surface area contributed by atoms with Crippen LogP contribution in [0.1, 0.15) is 6.92 Å².